The first-order valence-corrected chi connectivity index (χ1v) is 10.7. The highest BCUT2D eigenvalue weighted by Crippen LogP contribution is 2.09. The number of carboxylic acids is 1. The minimum Gasteiger partial charge on any atom is -0.481 e. The fourth-order valence-electron chi connectivity index (χ4n) is 2.75. The third-order valence-electron chi connectivity index (χ3n) is 3.80. The number of likely N-dealkylation sites (N-methyl/N-ethyl adjacent to an activating group) is 1. The molecular weight excluding hydrogens is 328 g/mol. The highest BCUT2D eigenvalue weighted by atomic mass is 32.2. The maximum absolute atomic E-state index is 12.2. The van der Waals surface area contributed by atoms with E-state index in [2.05, 4.69) is 11.6 Å². The van der Waals surface area contributed by atoms with Gasteiger partial charge in [-0.15, -0.1) is 0 Å². The first-order chi connectivity index (χ1) is 11.1. The summed E-state index contributed by atoms with van der Waals surface area (Å²) < 4.78 is 27.4. The van der Waals surface area contributed by atoms with Gasteiger partial charge in [0.2, 0.25) is 10.0 Å². The minimum atomic E-state index is -3.42. The van der Waals surface area contributed by atoms with Crippen LogP contribution >= 0.6 is 0 Å². The quantitative estimate of drug-likeness (QED) is 0.345. The highest BCUT2D eigenvalue weighted by Gasteiger charge is 2.25. The Morgan fingerprint density at radius 2 is 1.50 bits per heavy atom. The molecular formula is C17H37N2O4S+. The summed E-state index contributed by atoms with van der Waals surface area (Å²) in [6.45, 7) is 2.64. The van der Waals surface area contributed by atoms with Crippen LogP contribution in [0.3, 0.4) is 0 Å². The van der Waals surface area contributed by atoms with E-state index in [1.807, 2.05) is 21.1 Å². The molecule has 0 bridgehead atoms. The van der Waals surface area contributed by atoms with Gasteiger partial charge in [0.25, 0.3) is 0 Å². The van der Waals surface area contributed by atoms with Gasteiger partial charge in [0.15, 0.2) is 0 Å². The number of carbonyl (C=O) groups is 1. The molecule has 0 aromatic rings. The number of hydrogen-bond acceptors (Lipinski definition) is 3. The van der Waals surface area contributed by atoms with Crippen molar-refractivity contribution in [1.82, 2.24) is 4.72 Å². The lowest BCUT2D eigenvalue weighted by Gasteiger charge is -2.29. The molecule has 0 aliphatic rings. The van der Waals surface area contributed by atoms with Gasteiger partial charge in [-0.05, 0) is 6.42 Å². The molecule has 0 aromatic heterocycles. The Hall–Kier alpha value is -0.660. The van der Waals surface area contributed by atoms with E-state index in [4.69, 9.17) is 5.11 Å². The van der Waals surface area contributed by atoms with Crippen LogP contribution in [0.15, 0.2) is 0 Å². The standard InChI is InChI=1S/C17H36N2O4S/c1-5-6-7-8-9-10-11-12-13-24(22,23)18-16(14-17(20)21)15-19(2,3)4/h16,18H,5-15H2,1-4H3/p+1. The summed E-state index contributed by atoms with van der Waals surface area (Å²) >= 11 is 0. The third-order valence-corrected chi connectivity index (χ3v) is 5.32. The molecule has 0 saturated heterocycles. The predicted octanol–water partition coefficient (Wildman–Crippen LogP) is 2.60. The van der Waals surface area contributed by atoms with Crippen molar-refractivity contribution in [2.45, 2.75) is 70.8 Å². The van der Waals surface area contributed by atoms with E-state index in [-0.39, 0.29) is 12.2 Å². The number of nitrogens with one attached hydrogen (secondary N) is 1. The van der Waals surface area contributed by atoms with Gasteiger partial charge in [0.05, 0.1) is 45.9 Å². The van der Waals surface area contributed by atoms with E-state index in [0.717, 1.165) is 19.3 Å². The van der Waals surface area contributed by atoms with Crippen LogP contribution in [-0.2, 0) is 14.8 Å². The van der Waals surface area contributed by atoms with E-state index in [1.54, 1.807) is 0 Å². The summed E-state index contributed by atoms with van der Waals surface area (Å²) in [6.07, 6.45) is 8.57. The van der Waals surface area contributed by atoms with Crippen molar-refractivity contribution in [3.8, 4) is 0 Å². The molecule has 2 N–H and O–H groups in total. The second kappa shape index (κ2) is 11.8. The zero-order chi connectivity index (χ0) is 18.6. The van der Waals surface area contributed by atoms with Crippen LogP contribution in [0.2, 0.25) is 0 Å². The number of quaternary nitrogens is 1. The van der Waals surface area contributed by atoms with Gasteiger partial charge in [-0.2, -0.15) is 0 Å². The Labute approximate surface area is 148 Å². The van der Waals surface area contributed by atoms with Gasteiger partial charge < -0.3 is 9.59 Å². The number of aliphatic carboxylic acids is 1. The first-order valence-electron chi connectivity index (χ1n) is 9.08. The normalized spacial score (nSPS) is 13.8. The van der Waals surface area contributed by atoms with E-state index in [1.165, 1.54) is 25.7 Å². The molecule has 0 spiro atoms. The number of rotatable bonds is 15. The van der Waals surface area contributed by atoms with E-state index < -0.39 is 22.0 Å². The summed E-state index contributed by atoms with van der Waals surface area (Å²) in [6, 6.07) is -0.568. The van der Waals surface area contributed by atoms with Crippen LogP contribution in [0.25, 0.3) is 0 Å². The van der Waals surface area contributed by atoms with E-state index in [9.17, 15) is 13.2 Å². The summed E-state index contributed by atoms with van der Waals surface area (Å²) in [5.41, 5.74) is 0. The highest BCUT2D eigenvalue weighted by molar-refractivity contribution is 7.89. The maximum atomic E-state index is 12.2. The van der Waals surface area contributed by atoms with Crippen molar-refractivity contribution in [3.05, 3.63) is 0 Å². The Morgan fingerprint density at radius 1 is 1.00 bits per heavy atom. The van der Waals surface area contributed by atoms with Crippen LogP contribution < -0.4 is 4.72 Å². The molecule has 0 radical (unpaired) electrons. The molecule has 0 aliphatic heterocycles. The Morgan fingerprint density at radius 3 is 1.96 bits per heavy atom. The topological polar surface area (TPSA) is 83.5 Å². The van der Waals surface area contributed by atoms with Crippen molar-refractivity contribution in [2.75, 3.05) is 33.4 Å². The molecule has 6 nitrogen and oxygen atoms in total. The zero-order valence-corrected chi connectivity index (χ0v) is 16.7. The van der Waals surface area contributed by atoms with Crippen LogP contribution in [0, 0.1) is 0 Å². The maximum Gasteiger partial charge on any atom is 0.305 e. The van der Waals surface area contributed by atoms with Gasteiger partial charge >= 0.3 is 5.97 Å². The minimum absolute atomic E-state index is 0.0786. The smallest absolute Gasteiger partial charge is 0.305 e. The monoisotopic (exact) mass is 365 g/mol. The lowest BCUT2D eigenvalue weighted by Crippen LogP contribution is -2.50. The van der Waals surface area contributed by atoms with Gasteiger partial charge in [-0.3, -0.25) is 4.79 Å². The van der Waals surface area contributed by atoms with Crippen molar-refractivity contribution in [3.63, 3.8) is 0 Å². The molecule has 24 heavy (non-hydrogen) atoms. The van der Waals surface area contributed by atoms with Crippen molar-refractivity contribution >= 4 is 16.0 Å². The SMILES string of the molecule is CCCCCCCCCCS(=O)(=O)NC(CC(=O)O)C[N+](C)(C)C. The molecule has 0 saturated carbocycles. The fraction of sp³-hybridized carbons (Fsp3) is 0.941. The average Bonchev–Trinajstić information content (AvgIpc) is 2.38. The van der Waals surface area contributed by atoms with Crippen LogP contribution in [0.5, 0.6) is 0 Å². The molecule has 0 fully saturated rings. The van der Waals surface area contributed by atoms with Crippen molar-refractivity contribution in [1.29, 1.82) is 0 Å². The molecule has 0 aliphatic carbocycles. The fourth-order valence-corrected chi connectivity index (χ4v) is 4.12. The number of sulfonamides is 1. The molecule has 0 aromatic carbocycles. The van der Waals surface area contributed by atoms with Crippen LogP contribution in [0.4, 0.5) is 0 Å². The van der Waals surface area contributed by atoms with Gasteiger partial charge in [0.1, 0.15) is 0 Å². The predicted molar refractivity (Wildman–Crippen MR) is 98.5 cm³/mol. The molecule has 1 unspecified atom stereocenters. The van der Waals surface area contributed by atoms with Gasteiger partial charge in [0, 0.05) is 0 Å². The number of nitrogens with zero attached hydrogens (tertiary/aromatic N) is 1. The van der Waals surface area contributed by atoms with Crippen molar-refractivity contribution < 1.29 is 22.8 Å². The van der Waals surface area contributed by atoms with E-state index >= 15 is 0 Å². The van der Waals surface area contributed by atoms with E-state index in [0.29, 0.717) is 17.4 Å². The molecule has 144 valence electrons. The molecule has 0 rings (SSSR count). The second-order valence-electron chi connectivity index (χ2n) is 7.68. The summed E-state index contributed by atoms with van der Waals surface area (Å²) in [5.74, 6) is -0.905. The largest absolute Gasteiger partial charge is 0.481 e. The second-order valence-corrected chi connectivity index (χ2v) is 9.55. The Kier molecular flexibility index (Phi) is 11.5. The summed E-state index contributed by atoms with van der Waals surface area (Å²) in [7, 11) is 2.33. The lowest BCUT2D eigenvalue weighted by molar-refractivity contribution is -0.871. The van der Waals surface area contributed by atoms with Crippen LogP contribution in [0.1, 0.15) is 64.7 Å². The third kappa shape index (κ3) is 14.9. The van der Waals surface area contributed by atoms with Crippen molar-refractivity contribution in [2.24, 2.45) is 0 Å². The molecule has 0 amide bonds. The molecule has 7 heteroatoms. The number of unbranched alkanes of at least 4 members (excludes halogenated alkanes) is 7. The summed E-state index contributed by atoms with van der Waals surface area (Å²) in [4.78, 5) is 10.9. The van der Waals surface area contributed by atoms with Gasteiger partial charge in [-0.1, -0.05) is 51.9 Å². The average molecular weight is 366 g/mol. The zero-order valence-electron chi connectivity index (χ0n) is 15.9. The van der Waals surface area contributed by atoms with Gasteiger partial charge in [-0.25, -0.2) is 13.1 Å². The van der Waals surface area contributed by atoms with Crippen LogP contribution in [-0.4, -0.2) is 63.5 Å². The molecule has 0 heterocycles. The number of hydrogen-bond donors (Lipinski definition) is 2. The molecule has 1 atom stereocenters. The Bertz CT molecular complexity index is 444. The summed E-state index contributed by atoms with van der Waals surface area (Å²) in [5, 5.41) is 8.97. The lowest BCUT2D eigenvalue weighted by atomic mass is 10.1. The number of carboxylic acid groups (broad SMARTS) is 1. The first kappa shape index (κ1) is 23.3. The Balaban J connectivity index is 4.16.